The minimum atomic E-state index is 0.626. The molecule has 2 N–H and O–H groups in total. The van der Waals surface area contributed by atoms with Crippen LogP contribution in [-0.2, 0) is 6.42 Å². The largest absolute Gasteiger partial charge is 0.494 e. The van der Waals surface area contributed by atoms with Gasteiger partial charge in [-0.2, -0.15) is 0 Å². The third-order valence-corrected chi connectivity index (χ3v) is 2.91. The van der Waals surface area contributed by atoms with Crippen molar-refractivity contribution in [3.8, 4) is 5.75 Å². The number of rotatable bonds is 4. The van der Waals surface area contributed by atoms with Gasteiger partial charge in [0.15, 0.2) is 5.13 Å². The summed E-state index contributed by atoms with van der Waals surface area (Å²) >= 11 is 1.48. The van der Waals surface area contributed by atoms with Crippen molar-refractivity contribution in [1.82, 2.24) is 4.98 Å². The maximum Gasteiger partial charge on any atom is 0.180 e. The zero-order valence-electron chi connectivity index (χ0n) is 9.14. The molecule has 0 bridgehead atoms. The molecule has 2 aromatic rings. The van der Waals surface area contributed by atoms with Crippen LogP contribution in [0.3, 0.4) is 0 Å². The highest BCUT2D eigenvalue weighted by atomic mass is 32.1. The lowest BCUT2D eigenvalue weighted by Crippen LogP contribution is -1.93. The van der Waals surface area contributed by atoms with E-state index in [0.29, 0.717) is 11.7 Å². The highest BCUT2D eigenvalue weighted by Gasteiger charge is 2.01. The Morgan fingerprint density at radius 1 is 1.31 bits per heavy atom. The topological polar surface area (TPSA) is 48.1 Å². The summed E-state index contributed by atoms with van der Waals surface area (Å²) in [4.78, 5) is 4.23. The minimum Gasteiger partial charge on any atom is -0.494 e. The summed E-state index contributed by atoms with van der Waals surface area (Å²) in [6, 6.07) is 8.07. The summed E-state index contributed by atoms with van der Waals surface area (Å²) < 4.78 is 5.38. The average Bonchev–Trinajstić information content (AvgIpc) is 2.67. The summed E-state index contributed by atoms with van der Waals surface area (Å²) in [5.41, 5.74) is 7.82. The first-order valence-corrected chi connectivity index (χ1v) is 6.07. The molecule has 4 heteroatoms. The van der Waals surface area contributed by atoms with Gasteiger partial charge in [-0.15, -0.1) is 11.3 Å². The zero-order valence-corrected chi connectivity index (χ0v) is 9.96. The number of benzene rings is 1. The molecule has 1 heterocycles. The molecule has 0 unspecified atom stereocenters. The molecular weight excluding hydrogens is 220 g/mol. The number of nitrogens with zero attached hydrogens (tertiary/aromatic N) is 1. The first kappa shape index (κ1) is 11.0. The van der Waals surface area contributed by atoms with E-state index in [4.69, 9.17) is 10.5 Å². The quantitative estimate of drug-likeness (QED) is 0.884. The molecule has 1 aromatic heterocycles. The van der Waals surface area contributed by atoms with Gasteiger partial charge in [-0.1, -0.05) is 12.1 Å². The van der Waals surface area contributed by atoms with E-state index in [9.17, 15) is 0 Å². The summed E-state index contributed by atoms with van der Waals surface area (Å²) in [5.74, 6) is 0.907. The number of aromatic nitrogens is 1. The summed E-state index contributed by atoms with van der Waals surface area (Å²) in [6.45, 7) is 2.67. The van der Waals surface area contributed by atoms with Gasteiger partial charge in [-0.25, -0.2) is 4.98 Å². The van der Waals surface area contributed by atoms with Crippen LogP contribution in [0, 0.1) is 0 Å². The molecule has 0 fully saturated rings. The first-order chi connectivity index (χ1) is 7.78. The predicted octanol–water partition coefficient (Wildman–Crippen LogP) is 2.71. The van der Waals surface area contributed by atoms with Crippen LogP contribution < -0.4 is 10.5 Å². The maximum absolute atomic E-state index is 5.58. The molecule has 16 heavy (non-hydrogen) atoms. The highest BCUT2D eigenvalue weighted by molar-refractivity contribution is 7.13. The molecule has 1 aromatic carbocycles. The standard InChI is InChI=1S/C12H14N2OS/c1-2-15-11-5-3-9(4-6-11)7-10-8-16-12(13)14-10/h3-6,8H,2,7H2,1H3,(H2,13,14). The van der Waals surface area contributed by atoms with E-state index >= 15 is 0 Å². The van der Waals surface area contributed by atoms with Crippen molar-refractivity contribution in [1.29, 1.82) is 0 Å². The Hall–Kier alpha value is -1.55. The lowest BCUT2D eigenvalue weighted by molar-refractivity contribution is 0.340. The van der Waals surface area contributed by atoms with E-state index in [2.05, 4.69) is 17.1 Å². The molecule has 0 atom stereocenters. The van der Waals surface area contributed by atoms with E-state index in [0.717, 1.165) is 17.9 Å². The Morgan fingerprint density at radius 2 is 2.06 bits per heavy atom. The van der Waals surface area contributed by atoms with Gasteiger partial charge in [-0.05, 0) is 24.6 Å². The molecule has 3 nitrogen and oxygen atoms in total. The normalized spacial score (nSPS) is 10.3. The molecule has 2 rings (SSSR count). The highest BCUT2D eigenvalue weighted by Crippen LogP contribution is 2.17. The number of anilines is 1. The first-order valence-electron chi connectivity index (χ1n) is 5.19. The Labute approximate surface area is 98.9 Å². The Bertz CT molecular complexity index is 450. The van der Waals surface area contributed by atoms with Crippen molar-refractivity contribution in [3.05, 3.63) is 40.9 Å². The van der Waals surface area contributed by atoms with Crippen LogP contribution in [0.4, 0.5) is 5.13 Å². The van der Waals surface area contributed by atoms with Crippen molar-refractivity contribution in [2.24, 2.45) is 0 Å². The molecule has 0 saturated heterocycles. The molecular formula is C12H14N2OS. The van der Waals surface area contributed by atoms with E-state index in [1.807, 2.05) is 24.4 Å². The lowest BCUT2D eigenvalue weighted by atomic mass is 10.1. The van der Waals surface area contributed by atoms with Crippen molar-refractivity contribution in [2.75, 3.05) is 12.3 Å². The van der Waals surface area contributed by atoms with E-state index in [-0.39, 0.29) is 0 Å². The molecule has 0 aliphatic heterocycles. The fraction of sp³-hybridized carbons (Fsp3) is 0.250. The molecule has 0 aliphatic carbocycles. The van der Waals surface area contributed by atoms with Gasteiger partial charge in [0.1, 0.15) is 5.75 Å². The Kier molecular flexibility index (Phi) is 3.41. The lowest BCUT2D eigenvalue weighted by Gasteiger charge is -2.03. The number of nitrogen functional groups attached to an aromatic ring is 1. The van der Waals surface area contributed by atoms with Gasteiger partial charge >= 0.3 is 0 Å². The SMILES string of the molecule is CCOc1ccc(Cc2csc(N)n2)cc1. The smallest absolute Gasteiger partial charge is 0.180 e. The number of thiazole rings is 1. The minimum absolute atomic E-state index is 0.626. The van der Waals surface area contributed by atoms with E-state index in [1.54, 1.807) is 0 Å². The fourth-order valence-electron chi connectivity index (χ4n) is 1.48. The summed E-state index contributed by atoms with van der Waals surface area (Å²) in [7, 11) is 0. The second-order valence-corrected chi connectivity index (χ2v) is 4.32. The van der Waals surface area contributed by atoms with Crippen LogP contribution in [0.15, 0.2) is 29.6 Å². The predicted molar refractivity (Wildman–Crippen MR) is 66.9 cm³/mol. The third-order valence-electron chi connectivity index (χ3n) is 2.19. The van der Waals surface area contributed by atoms with Gasteiger partial charge in [0.05, 0.1) is 12.3 Å². The molecule has 0 spiro atoms. The maximum atomic E-state index is 5.58. The third kappa shape index (κ3) is 2.73. The van der Waals surface area contributed by atoms with Crippen LogP contribution in [0.2, 0.25) is 0 Å². The second-order valence-electron chi connectivity index (χ2n) is 3.43. The Balaban J connectivity index is 2.05. The van der Waals surface area contributed by atoms with Crippen LogP contribution >= 0.6 is 11.3 Å². The van der Waals surface area contributed by atoms with Gasteiger partial charge in [-0.3, -0.25) is 0 Å². The van der Waals surface area contributed by atoms with Crippen LogP contribution in [-0.4, -0.2) is 11.6 Å². The average molecular weight is 234 g/mol. The number of hydrogen-bond donors (Lipinski definition) is 1. The molecule has 84 valence electrons. The van der Waals surface area contributed by atoms with Gasteiger partial charge in [0.25, 0.3) is 0 Å². The van der Waals surface area contributed by atoms with Crippen LogP contribution in [0.5, 0.6) is 5.75 Å². The molecule has 0 amide bonds. The summed E-state index contributed by atoms with van der Waals surface area (Å²) in [5, 5.41) is 2.62. The van der Waals surface area contributed by atoms with Crippen molar-refractivity contribution in [3.63, 3.8) is 0 Å². The Morgan fingerprint density at radius 3 is 2.62 bits per heavy atom. The zero-order chi connectivity index (χ0) is 11.4. The van der Waals surface area contributed by atoms with Crippen LogP contribution in [0.25, 0.3) is 0 Å². The van der Waals surface area contributed by atoms with Gasteiger partial charge in [0.2, 0.25) is 0 Å². The van der Waals surface area contributed by atoms with Gasteiger partial charge < -0.3 is 10.5 Å². The van der Waals surface area contributed by atoms with E-state index in [1.165, 1.54) is 16.9 Å². The van der Waals surface area contributed by atoms with Crippen LogP contribution in [0.1, 0.15) is 18.2 Å². The monoisotopic (exact) mass is 234 g/mol. The number of ether oxygens (including phenoxy) is 1. The molecule has 0 saturated carbocycles. The van der Waals surface area contributed by atoms with Gasteiger partial charge in [0, 0.05) is 11.8 Å². The van der Waals surface area contributed by atoms with Crippen molar-refractivity contribution < 1.29 is 4.74 Å². The van der Waals surface area contributed by atoms with Crippen molar-refractivity contribution >= 4 is 16.5 Å². The second kappa shape index (κ2) is 4.99. The van der Waals surface area contributed by atoms with Crippen molar-refractivity contribution in [2.45, 2.75) is 13.3 Å². The molecule has 0 radical (unpaired) electrons. The number of hydrogen-bond acceptors (Lipinski definition) is 4. The fourth-order valence-corrected chi connectivity index (χ4v) is 2.05. The molecule has 0 aliphatic rings. The summed E-state index contributed by atoms with van der Waals surface area (Å²) in [6.07, 6.45) is 0.820. The van der Waals surface area contributed by atoms with E-state index < -0.39 is 0 Å². The number of nitrogens with two attached hydrogens (primary N) is 1.